The minimum Gasteiger partial charge on any atom is -0.480 e. The van der Waals surface area contributed by atoms with Crippen LogP contribution in [0, 0.1) is 0 Å². The van der Waals surface area contributed by atoms with Crippen LogP contribution < -0.4 is 0 Å². The lowest BCUT2D eigenvalue weighted by Gasteiger charge is -2.20. The quantitative estimate of drug-likeness (QED) is 0.585. The molecule has 1 unspecified atom stereocenters. The Morgan fingerprint density at radius 2 is 2.08 bits per heavy atom. The number of ether oxygens (including phenoxy) is 1. The maximum Gasteiger partial charge on any atom is 0.410 e. The van der Waals surface area contributed by atoms with Gasteiger partial charge in [-0.25, -0.2) is 9.59 Å². The van der Waals surface area contributed by atoms with Crippen molar-refractivity contribution < 1.29 is 24.5 Å². The third kappa shape index (κ3) is 2.39. The molecule has 0 aliphatic carbocycles. The molecule has 0 aromatic heterocycles. The number of nitrogens with zero attached hydrogens (tertiary/aromatic N) is 1. The van der Waals surface area contributed by atoms with Gasteiger partial charge in [-0.15, -0.1) is 0 Å². The standard InChI is InChI=1S/C6H11NO5/c1-7(6(11)12-2)4(3-8)5(9)10/h4,8H,3H2,1-2H3,(H,9,10). The Morgan fingerprint density at radius 1 is 1.58 bits per heavy atom. The van der Waals surface area contributed by atoms with Crippen molar-refractivity contribution in [3.8, 4) is 0 Å². The normalized spacial score (nSPS) is 11.9. The number of methoxy groups -OCH3 is 1. The second-order valence-electron chi connectivity index (χ2n) is 2.12. The van der Waals surface area contributed by atoms with Crippen LogP contribution in [0.3, 0.4) is 0 Å². The molecule has 0 aliphatic rings. The van der Waals surface area contributed by atoms with Crippen LogP contribution in [0.4, 0.5) is 4.79 Å². The molecular weight excluding hydrogens is 166 g/mol. The number of aliphatic hydroxyl groups is 1. The molecule has 0 bridgehead atoms. The van der Waals surface area contributed by atoms with Crippen LogP contribution in [0.5, 0.6) is 0 Å². The number of carbonyl (C=O) groups is 2. The third-order valence-electron chi connectivity index (χ3n) is 1.39. The smallest absolute Gasteiger partial charge is 0.410 e. The third-order valence-corrected chi connectivity index (χ3v) is 1.39. The fourth-order valence-corrected chi connectivity index (χ4v) is 0.637. The molecule has 0 aromatic rings. The highest BCUT2D eigenvalue weighted by Crippen LogP contribution is 1.98. The van der Waals surface area contributed by atoms with Crippen molar-refractivity contribution in [2.45, 2.75) is 6.04 Å². The number of hydrogen-bond donors (Lipinski definition) is 2. The summed E-state index contributed by atoms with van der Waals surface area (Å²) in [6.07, 6.45) is -0.795. The number of carboxylic acids is 1. The van der Waals surface area contributed by atoms with Crippen molar-refractivity contribution in [2.24, 2.45) is 0 Å². The van der Waals surface area contributed by atoms with E-state index in [0.717, 1.165) is 12.0 Å². The summed E-state index contributed by atoms with van der Waals surface area (Å²) in [5, 5.41) is 17.1. The molecule has 0 saturated carbocycles. The Hall–Kier alpha value is -1.30. The molecule has 0 heterocycles. The number of rotatable bonds is 3. The second kappa shape index (κ2) is 4.55. The van der Waals surface area contributed by atoms with Gasteiger partial charge >= 0.3 is 12.1 Å². The number of carboxylic acid groups (broad SMARTS) is 1. The lowest BCUT2D eigenvalue weighted by atomic mass is 10.3. The summed E-state index contributed by atoms with van der Waals surface area (Å²) in [6.45, 7) is -0.638. The van der Waals surface area contributed by atoms with Crippen molar-refractivity contribution in [1.82, 2.24) is 4.90 Å². The molecule has 2 N–H and O–H groups in total. The van der Waals surface area contributed by atoms with E-state index in [1.165, 1.54) is 7.05 Å². The van der Waals surface area contributed by atoms with Crippen LogP contribution >= 0.6 is 0 Å². The van der Waals surface area contributed by atoms with Gasteiger partial charge in [0, 0.05) is 7.05 Å². The van der Waals surface area contributed by atoms with Crippen LogP contribution in [-0.4, -0.2) is 54.0 Å². The van der Waals surface area contributed by atoms with E-state index in [2.05, 4.69) is 4.74 Å². The van der Waals surface area contributed by atoms with Gasteiger partial charge in [-0.2, -0.15) is 0 Å². The number of hydrogen-bond acceptors (Lipinski definition) is 4. The first-order valence-electron chi connectivity index (χ1n) is 3.19. The van der Waals surface area contributed by atoms with Gasteiger partial charge in [0.25, 0.3) is 0 Å². The van der Waals surface area contributed by atoms with Gasteiger partial charge in [0.05, 0.1) is 13.7 Å². The number of aliphatic carboxylic acids is 1. The molecule has 0 spiro atoms. The van der Waals surface area contributed by atoms with E-state index < -0.39 is 24.7 Å². The minimum atomic E-state index is -1.27. The summed E-state index contributed by atoms with van der Waals surface area (Å²) in [6, 6.07) is -1.25. The van der Waals surface area contributed by atoms with E-state index in [-0.39, 0.29) is 0 Å². The van der Waals surface area contributed by atoms with Gasteiger partial charge in [0.2, 0.25) is 0 Å². The highest BCUT2D eigenvalue weighted by Gasteiger charge is 2.25. The summed E-state index contributed by atoms with van der Waals surface area (Å²) >= 11 is 0. The Kier molecular flexibility index (Phi) is 4.06. The topological polar surface area (TPSA) is 87.1 Å². The predicted molar refractivity (Wildman–Crippen MR) is 38.7 cm³/mol. The SMILES string of the molecule is COC(=O)N(C)C(CO)C(=O)O. The molecule has 12 heavy (non-hydrogen) atoms. The van der Waals surface area contributed by atoms with Crippen molar-refractivity contribution in [2.75, 3.05) is 20.8 Å². The van der Waals surface area contributed by atoms with Gasteiger partial charge in [0.15, 0.2) is 6.04 Å². The molecule has 6 nitrogen and oxygen atoms in total. The van der Waals surface area contributed by atoms with Gasteiger partial charge in [-0.1, -0.05) is 0 Å². The zero-order valence-electron chi connectivity index (χ0n) is 6.85. The van der Waals surface area contributed by atoms with Crippen LogP contribution in [0.15, 0.2) is 0 Å². The summed E-state index contributed by atoms with van der Waals surface area (Å²) < 4.78 is 4.26. The molecule has 1 amide bonds. The van der Waals surface area contributed by atoms with Crippen molar-refractivity contribution in [3.05, 3.63) is 0 Å². The number of likely N-dealkylation sites (N-methyl/N-ethyl adjacent to an activating group) is 1. The van der Waals surface area contributed by atoms with E-state index in [9.17, 15) is 9.59 Å². The average Bonchev–Trinajstić information content (AvgIpc) is 2.03. The summed E-state index contributed by atoms with van der Waals surface area (Å²) in [7, 11) is 2.37. The van der Waals surface area contributed by atoms with Gasteiger partial charge < -0.3 is 14.9 Å². The molecule has 6 heteroatoms. The lowest BCUT2D eigenvalue weighted by molar-refractivity contribution is -0.143. The highest BCUT2D eigenvalue weighted by atomic mass is 16.5. The first-order valence-corrected chi connectivity index (χ1v) is 3.19. The van der Waals surface area contributed by atoms with Crippen LogP contribution in [-0.2, 0) is 9.53 Å². The number of amides is 1. The molecule has 0 fully saturated rings. The van der Waals surface area contributed by atoms with E-state index in [1.54, 1.807) is 0 Å². The van der Waals surface area contributed by atoms with E-state index in [0.29, 0.717) is 0 Å². The van der Waals surface area contributed by atoms with Gasteiger partial charge in [-0.3, -0.25) is 4.90 Å². The molecule has 0 saturated heterocycles. The largest absolute Gasteiger partial charge is 0.480 e. The first kappa shape index (κ1) is 10.7. The monoisotopic (exact) mass is 177 g/mol. The molecule has 70 valence electrons. The van der Waals surface area contributed by atoms with Crippen molar-refractivity contribution >= 4 is 12.1 Å². The van der Waals surface area contributed by atoms with Gasteiger partial charge in [0.1, 0.15) is 0 Å². The lowest BCUT2D eigenvalue weighted by Crippen LogP contribution is -2.44. The Bertz CT molecular complexity index is 181. The molecule has 0 radical (unpaired) electrons. The molecule has 0 aliphatic heterocycles. The highest BCUT2D eigenvalue weighted by molar-refractivity contribution is 5.79. The molecular formula is C6H11NO5. The molecule has 0 aromatic carbocycles. The zero-order chi connectivity index (χ0) is 9.72. The van der Waals surface area contributed by atoms with Crippen LogP contribution in [0.25, 0.3) is 0 Å². The summed E-state index contributed by atoms with van der Waals surface area (Å²) in [5.41, 5.74) is 0. The average molecular weight is 177 g/mol. The van der Waals surface area contributed by atoms with E-state index >= 15 is 0 Å². The number of aliphatic hydroxyl groups excluding tert-OH is 1. The van der Waals surface area contributed by atoms with E-state index in [1.807, 2.05) is 0 Å². The minimum absolute atomic E-state index is 0.638. The summed E-state index contributed by atoms with van der Waals surface area (Å²) in [5.74, 6) is -1.27. The predicted octanol–water partition coefficient (Wildman–Crippen LogP) is -0.870. The number of carbonyl (C=O) groups excluding carboxylic acids is 1. The fraction of sp³-hybridized carbons (Fsp3) is 0.667. The fourth-order valence-electron chi connectivity index (χ4n) is 0.637. The van der Waals surface area contributed by atoms with E-state index in [4.69, 9.17) is 10.2 Å². The molecule has 1 atom stereocenters. The Balaban J connectivity index is 4.30. The maximum atomic E-state index is 10.7. The summed E-state index contributed by atoms with van der Waals surface area (Å²) in [4.78, 5) is 21.9. The van der Waals surface area contributed by atoms with Crippen LogP contribution in [0.1, 0.15) is 0 Å². The Morgan fingerprint density at radius 3 is 2.33 bits per heavy atom. The van der Waals surface area contributed by atoms with Gasteiger partial charge in [-0.05, 0) is 0 Å². The molecule has 0 rings (SSSR count). The second-order valence-corrected chi connectivity index (χ2v) is 2.12. The first-order chi connectivity index (χ1) is 5.54. The zero-order valence-corrected chi connectivity index (χ0v) is 6.85. The van der Waals surface area contributed by atoms with Crippen LogP contribution in [0.2, 0.25) is 0 Å². The Labute approximate surface area is 69.3 Å². The maximum absolute atomic E-state index is 10.7. The van der Waals surface area contributed by atoms with Crippen molar-refractivity contribution in [3.63, 3.8) is 0 Å². The van der Waals surface area contributed by atoms with Crippen molar-refractivity contribution in [1.29, 1.82) is 0 Å².